The van der Waals surface area contributed by atoms with Crippen molar-refractivity contribution in [1.82, 2.24) is 0 Å². The van der Waals surface area contributed by atoms with Gasteiger partial charge in [0.2, 0.25) is 0 Å². The average Bonchev–Trinajstić information content (AvgIpc) is 3.18. The minimum Gasteiger partial charge on any atom is -0.466 e. The van der Waals surface area contributed by atoms with Gasteiger partial charge in [-0.3, -0.25) is 14.4 Å². The van der Waals surface area contributed by atoms with E-state index >= 15 is 0 Å². The Morgan fingerprint density at radius 3 is 2.38 bits per heavy atom. The standard InChI is InChI=1S/C31H50O8/c1-19(2)8-7-9-20(3)24-10-11-25(29(24,6)16-17-38-21(4)33)23-12-15-31(37)28(39-22(5)34)26(35)13-14-30(31,18-32)27(23)36/h12,19-20,24-26,28,32,35,37H,7-11,13-18H2,1-6H3/t20?,24-,25+,26+,28-,29-,30+,31-/m1/s1. The second-order valence-corrected chi connectivity index (χ2v) is 13.1. The lowest BCUT2D eigenvalue weighted by atomic mass is 9.52. The Morgan fingerprint density at radius 2 is 1.79 bits per heavy atom. The van der Waals surface area contributed by atoms with Crippen molar-refractivity contribution in [3.8, 4) is 0 Å². The summed E-state index contributed by atoms with van der Waals surface area (Å²) in [5.74, 6) is -0.0308. The fraction of sp³-hybridized carbons (Fsp3) is 0.839. The van der Waals surface area contributed by atoms with Gasteiger partial charge in [-0.2, -0.15) is 0 Å². The number of rotatable bonds is 11. The van der Waals surface area contributed by atoms with Gasteiger partial charge in [-0.1, -0.05) is 53.0 Å². The van der Waals surface area contributed by atoms with E-state index in [0.29, 0.717) is 29.7 Å². The largest absolute Gasteiger partial charge is 0.466 e. The number of esters is 2. The van der Waals surface area contributed by atoms with Crippen LogP contribution in [-0.4, -0.2) is 64.1 Å². The quantitative estimate of drug-likeness (QED) is 0.328. The van der Waals surface area contributed by atoms with E-state index in [2.05, 4.69) is 27.7 Å². The van der Waals surface area contributed by atoms with Crippen molar-refractivity contribution in [2.45, 2.75) is 117 Å². The Labute approximate surface area is 233 Å². The topological polar surface area (TPSA) is 130 Å². The molecule has 0 aliphatic heterocycles. The van der Waals surface area contributed by atoms with Gasteiger partial charge < -0.3 is 24.8 Å². The van der Waals surface area contributed by atoms with E-state index in [0.717, 1.165) is 25.7 Å². The van der Waals surface area contributed by atoms with Gasteiger partial charge in [-0.05, 0) is 73.2 Å². The Morgan fingerprint density at radius 1 is 1.10 bits per heavy atom. The second kappa shape index (κ2) is 12.4. The highest BCUT2D eigenvalue weighted by Gasteiger charge is 2.67. The number of Topliss-reactive ketones (excluding diaryl/α,β-unsaturated/α-hetero) is 1. The number of carbonyl (C=O) groups is 3. The molecule has 1 unspecified atom stereocenters. The van der Waals surface area contributed by atoms with Crippen molar-refractivity contribution in [3.63, 3.8) is 0 Å². The van der Waals surface area contributed by atoms with E-state index in [9.17, 15) is 29.7 Å². The molecular formula is C31H50O8. The molecule has 0 radical (unpaired) electrons. The van der Waals surface area contributed by atoms with Gasteiger partial charge in [0.1, 0.15) is 5.60 Å². The molecule has 0 aromatic heterocycles. The van der Waals surface area contributed by atoms with Gasteiger partial charge >= 0.3 is 11.9 Å². The van der Waals surface area contributed by atoms with Crippen LogP contribution in [0.3, 0.4) is 0 Å². The third kappa shape index (κ3) is 5.98. The summed E-state index contributed by atoms with van der Waals surface area (Å²) in [4.78, 5) is 37.8. The van der Waals surface area contributed by atoms with Crippen molar-refractivity contribution >= 4 is 17.7 Å². The maximum absolute atomic E-state index is 14.3. The van der Waals surface area contributed by atoms with E-state index in [1.165, 1.54) is 20.3 Å². The molecule has 8 nitrogen and oxygen atoms in total. The Kier molecular flexibility index (Phi) is 10.1. The van der Waals surface area contributed by atoms with E-state index in [-0.39, 0.29) is 49.0 Å². The molecule has 3 N–H and O–H groups in total. The number of allylic oxidation sites excluding steroid dienone is 1. The normalized spacial score (nSPS) is 37.3. The molecule has 8 heteroatoms. The summed E-state index contributed by atoms with van der Waals surface area (Å²) in [6.07, 6.45) is 5.31. The van der Waals surface area contributed by atoms with Crippen LogP contribution in [0.15, 0.2) is 11.6 Å². The Hall–Kier alpha value is -1.77. The minimum atomic E-state index is -1.90. The predicted molar refractivity (Wildman–Crippen MR) is 146 cm³/mol. The molecular weight excluding hydrogens is 500 g/mol. The van der Waals surface area contributed by atoms with Crippen LogP contribution in [0, 0.1) is 34.5 Å². The lowest BCUT2D eigenvalue weighted by Gasteiger charge is -2.56. The fourth-order valence-electron chi connectivity index (χ4n) is 8.08. The molecule has 2 fully saturated rings. The first-order valence-corrected chi connectivity index (χ1v) is 14.8. The molecule has 3 aliphatic carbocycles. The molecule has 39 heavy (non-hydrogen) atoms. The SMILES string of the molecule is CC(=O)OCC[C@]1(C)[C@@H](C(C)CCCC(C)C)CC[C@H]1C1=CC[C@@]2(O)[C@H](OC(C)=O)[C@@H](O)CC[C@]2(CO)C1=O. The molecule has 0 aromatic carbocycles. The van der Waals surface area contributed by atoms with Gasteiger partial charge in [-0.25, -0.2) is 0 Å². The summed E-state index contributed by atoms with van der Waals surface area (Å²) in [7, 11) is 0. The van der Waals surface area contributed by atoms with Crippen LogP contribution in [0.5, 0.6) is 0 Å². The molecule has 0 spiro atoms. The first-order chi connectivity index (χ1) is 18.2. The van der Waals surface area contributed by atoms with E-state index in [1.807, 2.05) is 0 Å². The van der Waals surface area contributed by atoms with Crippen molar-refractivity contribution in [1.29, 1.82) is 0 Å². The zero-order chi connectivity index (χ0) is 29.2. The van der Waals surface area contributed by atoms with Gasteiger partial charge in [0, 0.05) is 13.8 Å². The Balaban J connectivity index is 1.97. The summed E-state index contributed by atoms with van der Waals surface area (Å²) >= 11 is 0. The number of aliphatic hydroxyl groups is 3. The van der Waals surface area contributed by atoms with Crippen molar-refractivity contribution in [2.24, 2.45) is 34.5 Å². The zero-order valence-corrected chi connectivity index (χ0v) is 24.7. The molecule has 3 aliphatic rings. The van der Waals surface area contributed by atoms with Crippen LogP contribution in [0.1, 0.15) is 99.3 Å². The number of aliphatic hydroxyl groups excluding tert-OH is 2. The molecule has 0 heterocycles. The smallest absolute Gasteiger partial charge is 0.303 e. The molecule has 3 rings (SSSR count). The summed E-state index contributed by atoms with van der Waals surface area (Å²) in [5.41, 5.74) is -3.17. The number of fused-ring (bicyclic) bond motifs is 1. The average molecular weight is 551 g/mol. The van der Waals surface area contributed by atoms with E-state index in [1.54, 1.807) is 6.08 Å². The maximum atomic E-state index is 14.3. The van der Waals surface area contributed by atoms with Crippen molar-refractivity contribution < 1.29 is 39.2 Å². The molecule has 0 bridgehead atoms. The first kappa shape index (κ1) is 31.8. The van der Waals surface area contributed by atoms with Crippen LogP contribution in [-0.2, 0) is 23.9 Å². The monoisotopic (exact) mass is 550 g/mol. The highest BCUT2D eigenvalue weighted by Crippen LogP contribution is 2.60. The number of carbonyl (C=O) groups excluding carboxylic acids is 3. The van der Waals surface area contributed by atoms with E-state index < -0.39 is 35.8 Å². The van der Waals surface area contributed by atoms with E-state index in [4.69, 9.17) is 9.47 Å². The van der Waals surface area contributed by atoms with Gasteiger partial charge in [0.05, 0.1) is 24.7 Å². The van der Waals surface area contributed by atoms with Crippen LogP contribution in [0.2, 0.25) is 0 Å². The van der Waals surface area contributed by atoms with Crippen LogP contribution >= 0.6 is 0 Å². The number of hydrogen-bond acceptors (Lipinski definition) is 8. The first-order valence-electron chi connectivity index (χ1n) is 14.8. The molecule has 0 amide bonds. The molecule has 0 aromatic rings. The summed E-state index contributed by atoms with van der Waals surface area (Å²) in [5, 5.41) is 33.1. The number of ketones is 1. The Bertz CT molecular complexity index is 943. The van der Waals surface area contributed by atoms with Crippen LogP contribution in [0.25, 0.3) is 0 Å². The van der Waals surface area contributed by atoms with Gasteiger partial charge in [-0.15, -0.1) is 0 Å². The molecule has 8 atom stereocenters. The predicted octanol–water partition coefficient (Wildman–Crippen LogP) is 4.13. The minimum absolute atomic E-state index is 0.00518. The second-order valence-electron chi connectivity index (χ2n) is 13.1. The fourth-order valence-corrected chi connectivity index (χ4v) is 8.08. The zero-order valence-electron chi connectivity index (χ0n) is 24.7. The summed E-state index contributed by atoms with van der Waals surface area (Å²) in [6.45, 7) is 11.2. The summed E-state index contributed by atoms with van der Waals surface area (Å²) < 4.78 is 10.7. The lowest BCUT2D eigenvalue weighted by molar-refractivity contribution is -0.236. The van der Waals surface area contributed by atoms with Gasteiger partial charge in [0.15, 0.2) is 11.9 Å². The van der Waals surface area contributed by atoms with Crippen molar-refractivity contribution in [3.05, 3.63) is 11.6 Å². The molecule has 2 saturated carbocycles. The van der Waals surface area contributed by atoms with Crippen LogP contribution < -0.4 is 0 Å². The third-order valence-electron chi connectivity index (χ3n) is 10.3. The molecule has 222 valence electrons. The lowest BCUT2D eigenvalue weighted by Crippen LogP contribution is -2.70. The number of hydrogen-bond donors (Lipinski definition) is 3. The van der Waals surface area contributed by atoms with Gasteiger partial charge in [0.25, 0.3) is 0 Å². The third-order valence-corrected chi connectivity index (χ3v) is 10.3. The highest BCUT2D eigenvalue weighted by molar-refractivity contribution is 6.03. The maximum Gasteiger partial charge on any atom is 0.303 e. The molecule has 0 saturated heterocycles. The number of ether oxygens (including phenoxy) is 2. The van der Waals surface area contributed by atoms with Crippen LogP contribution in [0.4, 0.5) is 0 Å². The van der Waals surface area contributed by atoms with Crippen molar-refractivity contribution in [2.75, 3.05) is 13.2 Å². The highest BCUT2D eigenvalue weighted by atomic mass is 16.6. The summed E-state index contributed by atoms with van der Waals surface area (Å²) in [6, 6.07) is 0.